The number of halogens is 1. The van der Waals surface area contributed by atoms with Gasteiger partial charge in [0.05, 0.1) is 10.6 Å². The van der Waals surface area contributed by atoms with Crippen molar-refractivity contribution >= 4 is 28.3 Å². The number of pyridine rings is 1. The minimum absolute atomic E-state index is 0.0666. The fourth-order valence-electron chi connectivity index (χ4n) is 1.34. The number of hydrogen-bond donors (Lipinski definition) is 1. The van der Waals surface area contributed by atoms with Crippen LogP contribution >= 0.6 is 11.6 Å². The number of aryl methyl sites for hydroxylation is 1. The van der Waals surface area contributed by atoms with Gasteiger partial charge in [0.25, 0.3) is 5.91 Å². The van der Waals surface area contributed by atoms with E-state index in [2.05, 4.69) is 10.3 Å². The van der Waals surface area contributed by atoms with Gasteiger partial charge in [0, 0.05) is 40.7 Å². The summed E-state index contributed by atoms with van der Waals surface area (Å²) >= 11 is 5.97. The Kier molecular flexibility index (Phi) is 5.75. The highest BCUT2D eigenvalue weighted by Gasteiger charge is 2.12. The van der Waals surface area contributed by atoms with Crippen LogP contribution in [-0.2, 0) is 10.8 Å². The minimum Gasteiger partial charge on any atom is -0.352 e. The minimum atomic E-state index is -0.867. The topological polar surface area (TPSA) is 59.1 Å². The van der Waals surface area contributed by atoms with Crippen molar-refractivity contribution in [1.82, 2.24) is 10.3 Å². The number of amides is 1. The zero-order chi connectivity index (χ0) is 13.7. The molecule has 2 atom stereocenters. The fraction of sp³-hybridized carbons (Fsp3) is 0.500. The van der Waals surface area contributed by atoms with Crippen LogP contribution in [0.1, 0.15) is 29.4 Å². The maximum absolute atomic E-state index is 11.8. The predicted molar refractivity (Wildman–Crippen MR) is 74.5 cm³/mol. The van der Waals surface area contributed by atoms with Crippen molar-refractivity contribution in [3.63, 3.8) is 0 Å². The quantitative estimate of drug-likeness (QED) is 0.901. The van der Waals surface area contributed by atoms with E-state index in [1.807, 2.05) is 13.8 Å². The second kappa shape index (κ2) is 6.85. The highest BCUT2D eigenvalue weighted by Crippen LogP contribution is 2.15. The summed E-state index contributed by atoms with van der Waals surface area (Å²) in [5.74, 6) is -0.249. The van der Waals surface area contributed by atoms with Gasteiger partial charge in [-0.15, -0.1) is 0 Å². The van der Waals surface area contributed by atoms with Crippen molar-refractivity contribution in [3.8, 4) is 0 Å². The molecule has 0 aliphatic rings. The summed E-state index contributed by atoms with van der Waals surface area (Å²) in [6.45, 7) is 4.18. The zero-order valence-corrected chi connectivity index (χ0v) is 12.3. The van der Waals surface area contributed by atoms with Crippen LogP contribution in [0.3, 0.4) is 0 Å². The Morgan fingerprint density at radius 1 is 1.61 bits per heavy atom. The molecule has 0 bridgehead atoms. The molecule has 1 heterocycles. The monoisotopic (exact) mass is 288 g/mol. The van der Waals surface area contributed by atoms with Crippen LogP contribution in [-0.4, -0.2) is 33.2 Å². The van der Waals surface area contributed by atoms with E-state index in [-0.39, 0.29) is 11.2 Å². The third kappa shape index (κ3) is 4.38. The van der Waals surface area contributed by atoms with Crippen LogP contribution in [0.15, 0.2) is 12.3 Å². The predicted octanol–water partition coefficient (Wildman–Crippen LogP) is 1.93. The van der Waals surface area contributed by atoms with E-state index in [0.29, 0.717) is 23.6 Å². The second-order valence-electron chi connectivity index (χ2n) is 4.16. The summed E-state index contributed by atoms with van der Waals surface area (Å²) in [7, 11) is -0.867. The van der Waals surface area contributed by atoms with E-state index < -0.39 is 10.8 Å². The molecule has 18 heavy (non-hydrogen) atoms. The van der Waals surface area contributed by atoms with Crippen molar-refractivity contribution in [3.05, 3.63) is 28.5 Å². The molecule has 0 radical (unpaired) electrons. The molecule has 0 aromatic carbocycles. The highest BCUT2D eigenvalue weighted by molar-refractivity contribution is 7.84. The Bertz CT molecular complexity index is 465. The number of nitrogens with zero attached hydrogens (tertiary/aromatic N) is 1. The smallest absolute Gasteiger partial charge is 0.254 e. The first-order chi connectivity index (χ1) is 8.41. The Morgan fingerprint density at radius 2 is 2.28 bits per heavy atom. The molecule has 0 aliphatic heterocycles. The summed E-state index contributed by atoms with van der Waals surface area (Å²) in [4.78, 5) is 15.9. The molecule has 6 heteroatoms. The molecular formula is C12H17ClN2O2S. The van der Waals surface area contributed by atoms with E-state index in [9.17, 15) is 9.00 Å². The van der Waals surface area contributed by atoms with Gasteiger partial charge in [-0.3, -0.25) is 14.0 Å². The Hall–Kier alpha value is -0.940. The van der Waals surface area contributed by atoms with Crippen LogP contribution in [0.4, 0.5) is 0 Å². The summed E-state index contributed by atoms with van der Waals surface area (Å²) in [5.41, 5.74) is 1.14. The normalized spacial score (nSPS) is 14.0. The molecule has 0 saturated heterocycles. The molecular weight excluding hydrogens is 272 g/mol. The molecule has 0 aliphatic carbocycles. The van der Waals surface area contributed by atoms with Crippen molar-refractivity contribution in [2.75, 3.05) is 12.8 Å². The lowest BCUT2D eigenvalue weighted by Crippen LogP contribution is -2.27. The molecule has 0 saturated carbocycles. The van der Waals surface area contributed by atoms with Crippen molar-refractivity contribution in [2.24, 2.45) is 0 Å². The first kappa shape index (κ1) is 15.1. The third-order valence-corrected chi connectivity index (χ3v) is 4.32. The van der Waals surface area contributed by atoms with Crippen molar-refractivity contribution in [2.45, 2.75) is 25.5 Å². The maximum atomic E-state index is 11.8. The molecule has 1 aromatic rings. The van der Waals surface area contributed by atoms with Crippen LogP contribution < -0.4 is 5.32 Å². The number of carbonyl (C=O) groups excluding carboxylic acids is 1. The zero-order valence-electron chi connectivity index (χ0n) is 10.7. The van der Waals surface area contributed by atoms with Gasteiger partial charge in [-0.1, -0.05) is 18.5 Å². The molecule has 100 valence electrons. The molecule has 1 rings (SSSR count). The van der Waals surface area contributed by atoms with E-state index in [0.717, 1.165) is 5.69 Å². The average molecular weight is 289 g/mol. The summed E-state index contributed by atoms with van der Waals surface area (Å²) < 4.78 is 11.1. The lowest BCUT2D eigenvalue weighted by atomic mass is 10.2. The first-order valence-electron chi connectivity index (χ1n) is 5.64. The highest BCUT2D eigenvalue weighted by atomic mass is 35.5. The molecule has 0 fully saturated rings. The van der Waals surface area contributed by atoms with E-state index in [4.69, 9.17) is 11.6 Å². The van der Waals surface area contributed by atoms with E-state index >= 15 is 0 Å². The van der Waals surface area contributed by atoms with Crippen molar-refractivity contribution < 1.29 is 9.00 Å². The van der Waals surface area contributed by atoms with Crippen LogP contribution in [0.5, 0.6) is 0 Å². The summed E-state index contributed by atoms with van der Waals surface area (Å²) in [6, 6.07) is 1.65. The molecule has 4 nitrogen and oxygen atoms in total. The molecule has 1 aromatic heterocycles. The van der Waals surface area contributed by atoms with Gasteiger partial charge in [0.1, 0.15) is 0 Å². The largest absolute Gasteiger partial charge is 0.352 e. The number of rotatable bonds is 5. The molecule has 1 amide bonds. The van der Waals surface area contributed by atoms with Gasteiger partial charge in [-0.05, 0) is 19.4 Å². The van der Waals surface area contributed by atoms with Crippen LogP contribution in [0.2, 0.25) is 5.02 Å². The second-order valence-corrected chi connectivity index (χ2v) is 6.37. The van der Waals surface area contributed by atoms with E-state index in [1.165, 1.54) is 6.20 Å². The lowest BCUT2D eigenvalue weighted by molar-refractivity contribution is 0.0953. The summed E-state index contributed by atoms with van der Waals surface area (Å²) in [6.07, 6.45) is 3.80. The van der Waals surface area contributed by atoms with Gasteiger partial charge in [-0.2, -0.15) is 0 Å². The number of hydrogen-bond acceptors (Lipinski definition) is 3. The Balaban J connectivity index is 2.53. The average Bonchev–Trinajstić information content (AvgIpc) is 2.28. The van der Waals surface area contributed by atoms with Gasteiger partial charge in [-0.25, -0.2) is 0 Å². The number of nitrogens with one attached hydrogen (secondary N) is 1. The Morgan fingerprint density at radius 3 is 2.83 bits per heavy atom. The SMILES string of the molecule is Cc1cc(Cl)c(C(=O)NCCC(C)S(C)=O)cn1. The number of aromatic nitrogens is 1. The van der Waals surface area contributed by atoms with Gasteiger partial charge >= 0.3 is 0 Å². The maximum Gasteiger partial charge on any atom is 0.254 e. The molecule has 2 unspecified atom stereocenters. The van der Waals surface area contributed by atoms with Gasteiger partial charge in [0.15, 0.2) is 0 Å². The van der Waals surface area contributed by atoms with Crippen LogP contribution in [0.25, 0.3) is 0 Å². The third-order valence-electron chi connectivity index (χ3n) is 2.64. The molecule has 1 N–H and O–H groups in total. The first-order valence-corrected chi connectivity index (χ1v) is 7.64. The van der Waals surface area contributed by atoms with E-state index in [1.54, 1.807) is 12.3 Å². The fourth-order valence-corrected chi connectivity index (χ4v) is 2.09. The van der Waals surface area contributed by atoms with Crippen molar-refractivity contribution in [1.29, 1.82) is 0 Å². The summed E-state index contributed by atoms with van der Waals surface area (Å²) in [5, 5.41) is 3.21. The Labute approximate surface area is 115 Å². The number of carbonyl (C=O) groups is 1. The van der Waals surface area contributed by atoms with Crippen LogP contribution in [0, 0.1) is 6.92 Å². The standard InChI is InChI=1S/C12H17ClN2O2S/c1-8-6-11(13)10(7-15-8)12(16)14-5-4-9(2)18(3)17/h6-7,9H,4-5H2,1-3H3,(H,14,16). The molecule has 0 spiro atoms. The van der Waals surface area contributed by atoms with Gasteiger partial charge in [0.2, 0.25) is 0 Å². The lowest BCUT2D eigenvalue weighted by Gasteiger charge is -2.10. The van der Waals surface area contributed by atoms with Gasteiger partial charge < -0.3 is 5.32 Å².